The SMILES string of the molecule is COC(=O)Cc1cc(CN)nc(Br)c1C(F)F. The molecule has 4 nitrogen and oxygen atoms in total. The van der Waals surface area contributed by atoms with Crippen LogP contribution in [-0.2, 0) is 22.5 Å². The molecule has 0 aliphatic rings. The van der Waals surface area contributed by atoms with Crippen molar-refractivity contribution in [3.8, 4) is 0 Å². The number of pyridine rings is 1. The molecule has 94 valence electrons. The van der Waals surface area contributed by atoms with Crippen LogP contribution in [0.3, 0.4) is 0 Å². The minimum absolute atomic E-state index is 0.00866. The monoisotopic (exact) mass is 308 g/mol. The van der Waals surface area contributed by atoms with Crippen LogP contribution in [0.2, 0.25) is 0 Å². The molecule has 0 aliphatic heterocycles. The van der Waals surface area contributed by atoms with Crippen molar-refractivity contribution in [3.63, 3.8) is 0 Å². The van der Waals surface area contributed by atoms with E-state index in [0.29, 0.717) is 5.69 Å². The third-order valence-electron chi connectivity index (χ3n) is 2.14. The molecule has 0 saturated carbocycles. The number of nitrogens with zero attached hydrogens (tertiary/aromatic N) is 1. The third kappa shape index (κ3) is 3.44. The number of hydrogen-bond donors (Lipinski definition) is 1. The van der Waals surface area contributed by atoms with E-state index in [0.717, 1.165) is 0 Å². The summed E-state index contributed by atoms with van der Waals surface area (Å²) in [5.74, 6) is -0.590. The van der Waals surface area contributed by atoms with Crippen LogP contribution < -0.4 is 5.73 Å². The predicted molar refractivity (Wildman–Crippen MR) is 60.5 cm³/mol. The summed E-state index contributed by atoms with van der Waals surface area (Å²) >= 11 is 2.95. The van der Waals surface area contributed by atoms with E-state index in [1.807, 2.05) is 0 Å². The first kappa shape index (κ1) is 14.0. The minimum atomic E-state index is -2.72. The second-order valence-corrected chi connectivity index (χ2v) is 3.99. The standard InChI is InChI=1S/C10H11BrF2N2O2/c1-17-7(16)3-5-2-6(4-14)15-9(11)8(5)10(12)13/h2,10H,3-4,14H2,1H3. The molecule has 0 unspecified atom stereocenters. The fourth-order valence-electron chi connectivity index (χ4n) is 1.34. The van der Waals surface area contributed by atoms with Gasteiger partial charge in [-0.1, -0.05) is 0 Å². The molecule has 0 aliphatic carbocycles. The highest BCUT2D eigenvalue weighted by molar-refractivity contribution is 9.10. The zero-order valence-corrected chi connectivity index (χ0v) is 10.6. The number of alkyl halides is 2. The van der Waals surface area contributed by atoms with E-state index in [1.54, 1.807) is 0 Å². The molecule has 1 aromatic heterocycles. The number of halogens is 3. The molecule has 0 saturated heterocycles. The molecule has 7 heteroatoms. The van der Waals surface area contributed by atoms with Crippen LogP contribution in [-0.4, -0.2) is 18.1 Å². The number of rotatable bonds is 4. The topological polar surface area (TPSA) is 65.2 Å². The molecule has 0 fully saturated rings. The highest BCUT2D eigenvalue weighted by Gasteiger charge is 2.21. The van der Waals surface area contributed by atoms with Crippen LogP contribution >= 0.6 is 15.9 Å². The van der Waals surface area contributed by atoms with Gasteiger partial charge in [0.15, 0.2) is 0 Å². The summed E-state index contributed by atoms with van der Waals surface area (Å²) in [4.78, 5) is 15.0. The normalized spacial score (nSPS) is 10.7. The van der Waals surface area contributed by atoms with Gasteiger partial charge in [-0.15, -0.1) is 0 Å². The Hall–Kier alpha value is -1.08. The largest absolute Gasteiger partial charge is 0.469 e. The van der Waals surface area contributed by atoms with Gasteiger partial charge in [-0.2, -0.15) is 0 Å². The first-order valence-electron chi connectivity index (χ1n) is 4.72. The van der Waals surface area contributed by atoms with Crippen molar-refractivity contribution in [2.24, 2.45) is 5.73 Å². The lowest BCUT2D eigenvalue weighted by Crippen LogP contribution is -2.11. The molecular weight excluding hydrogens is 298 g/mol. The van der Waals surface area contributed by atoms with Gasteiger partial charge in [0.25, 0.3) is 6.43 Å². The first-order valence-corrected chi connectivity index (χ1v) is 5.52. The molecule has 0 radical (unpaired) electrons. The van der Waals surface area contributed by atoms with Gasteiger partial charge in [-0.05, 0) is 27.6 Å². The van der Waals surface area contributed by atoms with Gasteiger partial charge in [0.05, 0.1) is 24.8 Å². The van der Waals surface area contributed by atoms with E-state index in [2.05, 4.69) is 25.7 Å². The minimum Gasteiger partial charge on any atom is -0.469 e. The zero-order valence-electron chi connectivity index (χ0n) is 9.04. The van der Waals surface area contributed by atoms with Crippen LogP contribution in [0, 0.1) is 0 Å². The number of nitrogens with two attached hydrogens (primary N) is 1. The van der Waals surface area contributed by atoms with Crippen molar-refractivity contribution in [1.82, 2.24) is 4.98 Å². The van der Waals surface area contributed by atoms with Crippen LogP contribution in [0.25, 0.3) is 0 Å². The summed E-state index contributed by atoms with van der Waals surface area (Å²) in [6, 6.07) is 1.39. The fourth-order valence-corrected chi connectivity index (χ4v) is 1.99. The first-order chi connectivity index (χ1) is 7.99. The molecular formula is C10H11BrF2N2O2. The molecule has 0 spiro atoms. The Morgan fingerprint density at radius 2 is 2.29 bits per heavy atom. The number of hydrogen-bond acceptors (Lipinski definition) is 4. The summed E-state index contributed by atoms with van der Waals surface area (Å²) in [6.07, 6.45) is -2.95. The van der Waals surface area contributed by atoms with Crippen molar-refractivity contribution in [1.29, 1.82) is 0 Å². The number of esters is 1. The van der Waals surface area contributed by atoms with Crippen molar-refractivity contribution in [2.75, 3.05) is 7.11 Å². The lowest BCUT2D eigenvalue weighted by Gasteiger charge is -2.11. The van der Waals surface area contributed by atoms with Crippen molar-refractivity contribution >= 4 is 21.9 Å². The average molecular weight is 309 g/mol. The second kappa shape index (κ2) is 6.02. The smallest absolute Gasteiger partial charge is 0.309 e. The average Bonchev–Trinajstić information content (AvgIpc) is 2.27. The predicted octanol–water partition coefficient (Wildman–Crippen LogP) is 1.96. The summed E-state index contributed by atoms with van der Waals surface area (Å²) in [5.41, 5.74) is 5.70. The highest BCUT2D eigenvalue weighted by atomic mass is 79.9. The highest BCUT2D eigenvalue weighted by Crippen LogP contribution is 2.30. The Morgan fingerprint density at radius 1 is 1.65 bits per heavy atom. The fraction of sp³-hybridized carbons (Fsp3) is 0.400. The number of ether oxygens (including phenoxy) is 1. The van der Waals surface area contributed by atoms with Gasteiger partial charge in [-0.25, -0.2) is 13.8 Å². The van der Waals surface area contributed by atoms with E-state index < -0.39 is 12.4 Å². The molecule has 1 aromatic rings. The molecule has 1 rings (SSSR count). The van der Waals surface area contributed by atoms with Gasteiger partial charge in [0, 0.05) is 6.54 Å². The Balaban J connectivity index is 3.22. The van der Waals surface area contributed by atoms with Crippen molar-refractivity contribution in [3.05, 3.63) is 27.5 Å². The Bertz CT molecular complexity index is 427. The maximum absolute atomic E-state index is 12.8. The molecule has 0 amide bonds. The van der Waals surface area contributed by atoms with Crippen LogP contribution in [0.4, 0.5) is 8.78 Å². The summed E-state index contributed by atoms with van der Waals surface area (Å²) in [5, 5.41) is 0. The molecule has 2 N–H and O–H groups in total. The van der Waals surface area contributed by atoms with E-state index in [4.69, 9.17) is 5.73 Å². The number of aromatic nitrogens is 1. The summed E-state index contributed by atoms with van der Waals surface area (Å²) in [6.45, 7) is 0.107. The van der Waals surface area contributed by atoms with Crippen molar-refractivity contribution < 1.29 is 18.3 Å². The van der Waals surface area contributed by atoms with Gasteiger partial charge < -0.3 is 10.5 Å². The maximum Gasteiger partial charge on any atom is 0.309 e. The van der Waals surface area contributed by atoms with E-state index >= 15 is 0 Å². The molecule has 0 atom stereocenters. The Kier molecular flexibility index (Phi) is 4.95. The molecule has 1 heterocycles. The van der Waals surface area contributed by atoms with Crippen LogP contribution in [0.5, 0.6) is 0 Å². The van der Waals surface area contributed by atoms with Gasteiger partial charge >= 0.3 is 5.97 Å². The quantitative estimate of drug-likeness (QED) is 0.682. The third-order valence-corrected chi connectivity index (χ3v) is 2.75. The van der Waals surface area contributed by atoms with Gasteiger partial charge in [-0.3, -0.25) is 4.79 Å². The number of methoxy groups -OCH3 is 1. The Labute approximate surface area is 105 Å². The van der Waals surface area contributed by atoms with Gasteiger partial charge in [0.2, 0.25) is 0 Å². The second-order valence-electron chi connectivity index (χ2n) is 3.23. The van der Waals surface area contributed by atoms with E-state index in [9.17, 15) is 13.6 Å². The zero-order chi connectivity index (χ0) is 13.0. The number of carbonyl (C=O) groups is 1. The summed E-state index contributed by atoms with van der Waals surface area (Å²) < 4.78 is 30.1. The van der Waals surface area contributed by atoms with Crippen LogP contribution in [0.1, 0.15) is 23.2 Å². The van der Waals surface area contributed by atoms with Crippen LogP contribution in [0.15, 0.2) is 10.7 Å². The lowest BCUT2D eigenvalue weighted by molar-refractivity contribution is -0.139. The Morgan fingerprint density at radius 3 is 2.76 bits per heavy atom. The van der Waals surface area contributed by atoms with E-state index in [-0.39, 0.29) is 28.7 Å². The maximum atomic E-state index is 12.8. The molecule has 0 aromatic carbocycles. The number of carbonyl (C=O) groups excluding carboxylic acids is 1. The van der Waals surface area contributed by atoms with E-state index in [1.165, 1.54) is 13.2 Å². The summed E-state index contributed by atoms with van der Waals surface area (Å²) in [7, 11) is 1.20. The molecule has 0 bridgehead atoms. The molecule has 17 heavy (non-hydrogen) atoms. The van der Waals surface area contributed by atoms with Gasteiger partial charge in [0.1, 0.15) is 4.60 Å². The lowest BCUT2D eigenvalue weighted by atomic mass is 10.1. The van der Waals surface area contributed by atoms with Crippen molar-refractivity contribution in [2.45, 2.75) is 19.4 Å².